The van der Waals surface area contributed by atoms with Gasteiger partial charge in [-0.3, -0.25) is 14.3 Å². The van der Waals surface area contributed by atoms with Gasteiger partial charge in [-0.25, -0.2) is 4.98 Å². The number of hydrogen-bond acceptors (Lipinski definition) is 4. The molecule has 1 saturated heterocycles. The molecule has 5 nitrogen and oxygen atoms in total. The number of rotatable bonds is 3. The highest BCUT2D eigenvalue weighted by Crippen LogP contribution is 2.29. The molecule has 0 spiro atoms. The number of piperazine rings is 1. The third kappa shape index (κ3) is 3.26. The minimum absolute atomic E-state index is 0. The van der Waals surface area contributed by atoms with E-state index in [-0.39, 0.29) is 18.4 Å². The number of benzene rings is 1. The van der Waals surface area contributed by atoms with Crippen molar-refractivity contribution in [1.82, 2.24) is 24.6 Å². The van der Waals surface area contributed by atoms with Crippen molar-refractivity contribution >= 4 is 29.7 Å². The number of fused-ring (bicyclic) bond motifs is 1. The molecule has 1 aliphatic heterocycles. The molecule has 0 radical (unpaired) electrons. The van der Waals surface area contributed by atoms with Gasteiger partial charge in [-0.15, -0.1) is 12.4 Å². The standard InChI is InChI=1S/C17H18ClN5.ClH/c18-15-4-2-1-3-14(15)16-10-19-5-7-22(16)12-13-9-21-17-11-20-6-8-23(13)17;/h1-4,6,8-9,11,16,19H,5,7,10,12H2;1H. The monoisotopic (exact) mass is 363 g/mol. The van der Waals surface area contributed by atoms with Crippen LogP contribution in [0.3, 0.4) is 0 Å². The number of imidazole rings is 1. The van der Waals surface area contributed by atoms with Crippen LogP contribution < -0.4 is 5.32 Å². The molecule has 0 amide bonds. The molecule has 3 heterocycles. The number of aromatic nitrogens is 3. The zero-order chi connectivity index (χ0) is 15.6. The van der Waals surface area contributed by atoms with E-state index in [4.69, 9.17) is 11.6 Å². The molecule has 1 N–H and O–H groups in total. The molecule has 0 bridgehead atoms. The lowest BCUT2D eigenvalue weighted by atomic mass is 10.0. The smallest absolute Gasteiger partial charge is 0.155 e. The molecule has 1 atom stereocenters. The second-order valence-electron chi connectivity index (χ2n) is 5.77. The van der Waals surface area contributed by atoms with Crippen molar-refractivity contribution in [3.63, 3.8) is 0 Å². The average molecular weight is 364 g/mol. The quantitative estimate of drug-likeness (QED) is 0.776. The van der Waals surface area contributed by atoms with Gasteiger partial charge in [-0.2, -0.15) is 0 Å². The summed E-state index contributed by atoms with van der Waals surface area (Å²) in [6.45, 7) is 3.71. The Kier molecular flexibility index (Phi) is 5.36. The Bertz CT molecular complexity index is 819. The van der Waals surface area contributed by atoms with E-state index >= 15 is 0 Å². The van der Waals surface area contributed by atoms with E-state index in [0.29, 0.717) is 0 Å². The molecule has 7 heteroatoms. The highest BCUT2D eigenvalue weighted by Gasteiger charge is 2.26. The minimum atomic E-state index is 0. The molecule has 1 aromatic carbocycles. The third-order valence-corrected chi connectivity index (χ3v) is 4.72. The molecular formula is C17H19Cl2N5. The van der Waals surface area contributed by atoms with Crippen LogP contribution >= 0.6 is 24.0 Å². The van der Waals surface area contributed by atoms with Crippen LogP contribution in [0.2, 0.25) is 5.02 Å². The molecule has 4 rings (SSSR count). The maximum absolute atomic E-state index is 6.42. The zero-order valence-electron chi connectivity index (χ0n) is 13.1. The molecule has 1 unspecified atom stereocenters. The van der Waals surface area contributed by atoms with E-state index in [1.807, 2.05) is 30.6 Å². The van der Waals surface area contributed by atoms with Gasteiger partial charge in [0.25, 0.3) is 0 Å². The first-order chi connectivity index (χ1) is 11.3. The van der Waals surface area contributed by atoms with Gasteiger partial charge in [0.1, 0.15) is 0 Å². The lowest BCUT2D eigenvalue weighted by molar-refractivity contribution is 0.151. The minimum Gasteiger partial charge on any atom is -0.314 e. The molecule has 3 aromatic rings. The Morgan fingerprint density at radius 2 is 2.12 bits per heavy atom. The van der Waals surface area contributed by atoms with E-state index in [9.17, 15) is 0 Å². The summed E-state index contributed by atoms with van der Waals surface area (Å²) < 4.78 is 2.10. The summed E-state index contributed by atoms with van der Waals surface area (Å²) >= 11 is 6.42. The van der Waals surface area contributed by atoms with Gasteiger partial charge in [-0.1, -0.05) is 29.8 Å². The van der Waals surface area contributed by atoms with Crippen LogP contribution in [-0.4, -0.2) is 38.9 Å². The highest BCUT2D eigenvalue weighted by molar-refractivity contribution is 6.31. The summed E-state index contributed by atoms with van der Waals surface area (Å²) in [5.74, 6) is 0. The summed E-state index contributed by atoms with van der Waals surface area (Å²) in [5, 5.41) is 4.30. The van der Waals surface area contributed by atoms with Crippen molar-refractivity contribution in [3.05, 3.63) is 65.3 Å². The fourth-order valence-corrected chi connectivity index (χ4v) is 3.47. The maximum atomic E-state index is 6.42. The van der Waals surface area contributed by atoms with Crippen molar-refractivity contribution in [1.29, 1.82) is 0 Å². The van der Waals surface area contributed by atoms with Crippen LogP contribution in [0.1, 0.15) is 17.3 Å². The SMILES string of the molecule is Cl.Clc1ccccc1C1CNCCN1Cc1cnc2cnccn12. The normalized spacial score (nSPS) is 18.5. The zero-order valence-corrected chi connectivity index (χ0v) is 14.7. The Hall–Kier alpha value is -1.66. The first kappa shape index (κ1) is 17.2. The fourth-order valence-electron chi connectivity index (χ4n) is 3.21. The van der Waals surface area contributed by atoms with Crippen molar-refractivity contribution in [2.24, 2.45) is 0 Å². The van der Waals surface area contributed by atoms with Crippen molar-refractivity contribution < 1.29 is 0 Å². The van der Waals surface area contributed by atoms with Crippen molar-refractivity contribution in [2.45, 2.75) is 12.6 Å². The van der Waals surface area contributed by atoms with Crippen LogP contribution in [0, 0.1) is 0 Å². The molecule has 24 heavy (non-hydrogen) atoms. The van der Waals surface area contributed by atoms with Crippen LogP contribution in [0.15, 0.2) is 49.1 Å². The van der Waals surface area contributed by atoms with Gasteiger partial charge in [0.2, 0.25) is 0 Å². The van der Waals surface area contributed by atoms with Gasteiger partial charge in [0.05, 0.1) is 18.1 Å². The Morgan fingerprint density at radius 3 is 3.00 bits per heavy atom. The Balaban J connectivity index is 0.00000169. The van der Waals surface area contributed by atoms with E-state index in [1.54, 1.807) is 12.4 Å². The lowest BCUT2D eigenvalue weighted by Crippen LogP contribution is -2.45. The summed E-state index contributed by atoms with van der Waals surface area (Å²) in [6.07, 6.45) is 7.47. The topological polar surface area (TPSA) is 45.5 Å². The van der Waals surface area contributed by atoms with Gasteiger partial charge >= 0.3 is 0 Å². The van der Waals surface area contributed by atoms with Crippen LogP contribution in [-0.2, 0) is 6.54 Å². The number of nitrogens with one attached hydrogen (secondary N) is 1. The molecule has 126 valence electrons. The van der Waals surface area contributed by atoms with Gasteiger partial charge < -0.3 is 5.32 Å². The van der Waals surface area contributed by atoms with Gasteiger partial charge in [0, 0.05) is 49.6 Å². The fraction of sp³-hybridized carbons (Fsp3) is 0.294. The summed E-state index contributed by atoms with van der Waals surface area (Å²) in [5.41, 5.74) is 3.23. The molecular weight excluding hydrogens is 345 g/mol. The second-order valence-corrected chi connectivity index (χ2v) is 6.17. The van der Waals surface area contributed by atoms with E-state index in [0.717, 1.165) is 36.8 Å². The van der Waals surface area contributed by atoms with Crippen LogP contribution in [0.5, 0.6) is 0 Å². The number of nitrogens with zero attached hydrogens (tertiary/aromatic N) is 4. The number of hydrogen-bond donors (Lipinski definition) is 1. The van der Waals surface area contributed by atoms with E-state index < -0.39 is 0 Å². The molecule has 0 aliphatic carbocycles. The average Bonchev–Trinajstić information content (AvgIpc) is 2.99. The number of halogens is 2. The molecule has 1 aliphatic rings. The highest BCUT2D eigenvalue weighted by atomic mass is 35.5. The first-order valence-electron chi connectivity index (χ1n) is 7.78. The van der Waals surface area contributed by atoms with E-state index in [1.165, 1.54) is 11.3 Å². The van der Waals surface area contributed by atoms with Crippen molar-refractivity contribution in [2.75, 3.05) is 19.6 Å². The first-order valence-corrected chi connectivity index (χ1v) is 8.16. The van der Waals surface area contributed by atoms with Crippen molar-refractivity contribution in [3.8, 4) is 0 Å². The summed E-state index contributed by atoms with van der Waals surface area (Å²) in [6, 6.07) is 8.37. The van der Waals surface area contributed by atoms with Crippen LogP contribution in [0.25, 0.3) is 5.65 Å². The lowest BCUT2D eigenvalue weighted by Gasteiger charge is -2.36. The van der Waals surface area contributed by atoms with Gasteiger partial charge in [0.15, 0.2) is 5.65 Å². The maximum Gasteiger partial charge on any atom is 0.155 e. The molecule has 1 fully saturated rings. The Morgan fingerprint density at radius 1 is 1.25 bits per heavy atom. The van der Waals surface area contributed by atoms with Crippen LogP contribution in [0.4, 0.5) is 0 Å². The predicted molar refractivity (Wildman–Crippen MR) is 97.7 cm³/mol. The largest absolute Gasteiger partial charge is 0.314 e. The second kappa shape index (κ2) is 7.49. The predicted octanol–water partition coefficient (Wildman–Crippen LogP) is 2.95. The summed E-state index contributed by atoms with van der Waals surface area (Å²) in [7, 11) is 0. The Labute approximate surface area is 152 Å². The van der Waals surface area contributed by atoms with Gasteiger partial charge in [-0.05, 0) is 11.6 Å². The molecule has 0 saturated carbocycles. The third-order valence-electron chi connectivity index (χ3n) is 4.38. The summed E-state index contributed by atoms with van der Waals surface area (Å²) in [4.78, 5) is 11.0. The molecule has 2 aromatic heterocycles. The van der Waals surface area contributed by atoms with E-state index in [2.05, 4.69) is 30.7 Å².